The number of thiol groups is 1. The van der Waals surface area contributed by atoms with Crippen molar-refractivity contribution in [2.45, 2.75) is 11.8 Å². The zero-order valence-electron chi connectivity index (χ0n) is 11.7. The van der Waals surface area contributed by atoms with Crippen LogP contribution in [0.2, 0.25) is 0 Å². The maximum atomic E-state index is 6.78. The molecule has 0 radical (unpaired) electrons. The molecule has 2 aromatic carbocycles. The summed E-state index contributed by atoms with van der Waals surface area (Å²) in [6, 6.07) is 15.7. The van der Waals surface area contributed by atoms with Gasteiger partial charge in [0.15, 0.2) is 0 Å². The molecule has 0 amide bonds. The summed E-state index contributed by atoms with van der Waals surface area (Å²) < 4.78 is 4.94. The van der Waals surface area contributed by atoms with Gasteiger partial charge in [-0.2, -0.15) is 0 Å². The predicted octanol–water partition coefficient (Wildman–Crippen LogP) is 4.64. The van der Waals surface area contributed by atoms with E-state index < -0.39 is 0 Å². The maximum absolute atomic E-state index is 6.78. The van der Waals surface area contributed by atoms with Crippen LogP contribution in [0.25, 0.3) is 6.08 Å². The first-order chi connectivity index (χ1) is 9.65. The Morgan fingerprint density at radius 2 is 1.60 bits per heavy atom. The second-order valence-corrected chi connectivity index (χ2v) is 4.65. The molecule has 20 heavy (non-hydrogen) atoms. The minimum absolute atomic E-state index is 0.868. The normalized spacial score (nSPS) is 9.75. The van der Waals surface area contributed by atoms with Gasteiger partial charge in [-0.3, -0.25) is 0 Å². The molecule has 0 saturated carbocycles. The fourth-order valence-electron chi connectivity index (χ4n) is 1.42. The van der Waals surface area contributed by atoms with E-state index in [1.807, 2.05) is 42.5 Å². The van der Waals surface area contributed by atoms with E-state index in [0.29, 0.717) is 0 Å². The molecule has 1 N–H and O–H groups in total. The molecule has 2 nitrogen and oxygen atoms in total. The highest BCUT2D eigenvalue weighted by Crippen LogP contribution is 2.12. The average molecular weight is 285 g/mol. The van der Waals surface area contributed by atoms with E-state index in [4.69, 9.17) is 10.1 Å². The third-order valence-electron chi connectivity index (χ3n) is 2.53. The van der Waals surface area contributed by atoms with Gasteiger partial charge in [-0.15, -0.1) is 12.6 Å². The molecule has 0 aromatic heterocycles. The number of nitrogens with one attached hydrogen (secondary N) is 1. The van der Waals surface area contributed by atoms with Crippen molar-refractivity contribution in [1.29, 1.82) is 5.41 Å². The number of hydrogen-bond donors (Lipinski definition) is 2. The van der Waals surface area contributed by atoms with Crippen LogP contribution in [0.15, 0.2) is 59.5 Å². The zero-order valence-corrected chi connectivity index (χ0v) is 12.6. The van der Waals surface area contributed by atoms with Crippen molar-refractivity contribution < 1.29 is 4.74 Å². The van der Waals surface area contributed by atoms with Crippen LogP contribution < -0.4 is 4.74 Å². The summed E-state index contributed by atoms with van der Waals surface area (Å²) in [4.78, 5) is 0.954. The number of hydrogen-bond acceptors (Lipinski definition) is 3. The average Bonchev–Trinajstić information content (AvgIpc) is 2.48. The molecule has 3 heteroatoms. The van der Waals surface area contributed by atoms with Crippen LogP contribution >= 0.6 is 12.6 Å². The highest BCUT2D eigenvalue weighted by Gasteiger charge is 1.86. The first-order valence-electron chi connectivity index (χ1n) is 6.22. The molecule has 0 bridgehead atoms. The van der Waals surface area contributed by atoms with Crippen LogP contribution in [0.5, 0.6) is 5.75 Å². The Bertz CT molecular complexity index is 544. The molecule has 0 saturated heterocycles. The highest BCUT2D eigenvalue weighted by molar-refractivity contribution is 7.80. The Morgan fingerprint density at radius 1 is 1.00 bits per heavy atom. The number of ether oxygens (including phenoxy) is 1. The van der Waals surface area contributed by atoms with E-state index in [1.165, 1.54) is 11.8 Å². The molecule has 0 aliphatic rings. The van der Waals surface area contributed by atoms with E-state index >= 15 is 0 Å². The van der Waals surface area contributed by atoms with Crippen molar-refractivity contribution in [2.75, 3.05) is 7.11 Å². The summed E-state index contributed by atoms with van der Waals surface area (Å²) in [6.45, 7) is 2.06. The fourth-order valence-corrected chi connectivity index (χ4v) is 1.57. The molecule has 2 aromatic rings. The first-order valence-corrected chi connectivity index (χ1v) is 6.67. The van der Waals surface area contributed by atoms with E-state index in [0.717, 1.165) is 16.2 Å². The van der Waals surface area contributed by atoms with Gasteiger partial charge in [-0.05, 0) is 42.8 Å². The van der Waals surface area contributed by atoms with Gasteiger partial charge in [-0.25, -0.2) is 0 Å². The zero-order chi connectivity index (χ0) is 14.8. The molecule has 0 atom stereocenters. The molecule has 2 rings (SSSR count). The summed E-state index contributed by atoms with van der Waals surface area (Å²) in [5.74, 6) is 0.868. The van der Waals surface area contributed by atoms with Crippen molar-refractivity contribution in [3.05, 3.63) is 65.7 Å². The van der Waals surface area contributed by atoms with Gasteiger partial charge in [-0.1, -0.05) is 35.9 Å². The van der Waals surface area contributed by atoms with Crippen LogP contribution in [-0.4, -0.2) is 13.3 Å². The van der Waals surface area contributed by atoms with Crippen molar-refractivity contribution in [1.82, 2.24) is 0 Å². The van der Waals surface area contributed by atoms with Gasteiger partial charge in [0.25, 0.3) is 0 Å². The van der Waals surface area contributed by atoms with Gasteiger partial charge in [0.05, 0.1) is 7.11 Å². The topological polar surface area (TPSA) is 33.1 Å². The van der Waals surface area contributed by atoms with Gasteiger partial charge in [0, 0.05) is 11.1 Å². The summed E-state index contributed by atoms with van der Waals surface area (Å²) in [7, 11) is 1.65. The molecule has 0 spiro atoms. The summed E-state index contributed by atoms with van der Waals surface area (Å²) in [6.07, 6.45) is 4.90. The summed E-state index contributed by atoms with van der Waals surface area (Å²) >= 11 is 4.11. The standard InChI is InChI=1S/C10H11N.C7H8OS/c1-9-4-6-10(7-5-9)3-2-8-11;1-8-6-2-4-7(9)5-3-6/h2-8,11H,1H3;2-5,9H,1H3/b3-2+,11-8?;. The quantitative estimate of drug-likeness (QED) is 0.625. The number of aryl methyl sites for hydroxylation is 1. The molecular weight excluding hydrogens is 266 g/mol. The van der Waals surface area contributed by atoms with Gasteiger partial charge in [0.1, 0.15) is 5.75 Å². The van der Waals surface area contributed by atoms with E-state index in [2.05, 4.69) is 31.7 Å². The third-order valence-corrected chi connectivity index (χ3v) is 2.83. The molecule has 0 heterocycles. The van der Waals surface area contributed by atoms with Crippen LogP contribution in [0.3, 0.4) is 0 Å². The van der Waals surface area contributed by atoms with Crippen molar-refractivity contribution in [2.24, 2.45) is 0 Å². The Labute approximate surface area is 126 Å². The molecular formula is C17H19NOS. The summed E-state index contributed by atoms with van der Waals surface area (Å²) in [5.41, 5.74) is 2.40. The van der Waals surface area contributed by atoms with Gasteiger partial charge in [0.2, 0.25) is 0 Å². The Morgan fingerprint density at radius 3 is 2.10 bits per heavy atom. The Hall–Kier alpha value is -2.00. The van der Waals surface area contributed by atoms with E-state index in [9.17, 15) is 0 Å². The lowest BCUT2D eigenvalue weighted by Crippen LogP contribution is -1.79. The van der Waals surface area contributed by atoms with Gasteiger partial charge < -0.3 is 10.1 Å². The minimum Gasteiger partial charge on any atom is -0.497 e. The number of allylic oxidation sites excluding steroid dienone is 1. The minimum atomic E-state index is 0.868. The predicted molar refractivity (Wildman–Crippen MR) is 89.2 cm³/mol. The van der Waals surface area contributed by atoms with E-state index in [1.54, 1.807) is 13.2 Å². The highest BCUT2D eigenvalue weighted by atomic mass is 32.1. The second kappa shape index (κ2) is 8.99. The lowest BCUT2D eigenvalue weighted by atomic mass is 10.1. The molecule has 0 unspecified atom stereocenters. The van der Waals surface area contributed by atoms with Crippen molar-refractivity contribution >= 4 is 24.9 Å². The first kappa shape index (κ1) is 16.1. The van der Waals surface area contributed by atoms with Gasteiger partial charge >= 0.3 is 0 Å². The van der Waals surface area contributed by atoms with Crippen molar-refractivity contribution in [3.8, 4) is 5.75 Å². The number of benzene rings is 2. The fraction of sp³-hybridized carbons (Fsp3) is 0.118. The Kier molecular flexibility index (Phi) is 7.22. The Balaban J connectivity index is 0.000000204. The number of rotatable bonds is 3. The largest absolute Gasteiger partial charge is 0.497 e. The van der Waals surface area contributed by atoms with Crippen LogP contribution in [0.1, 0.15) is 11.1 Å². The SMILES string of the molecule is COc1ccc(S)cc1.Cc1ccc(/C=C/C=N)cc1. The molecule has 0 fully saturated rings. The number of methoxy groups -OCH3 is 1. The maximum Gasteiger partial charge on any atom is 0.118 e. The van der Waals surface area contributed by atoms with Crippen LogP contribution in [0.4, 0.5) is 0 Å². The van der Waals surface area contributed by atoms with Crippen molar-refractivity contribution in [3.63, 3.8) is 0 Å². The van der Waals surface area contributed by atoms with Crippen LogP contribution in [-0.2, 0) is 0 Å². The van der Waals surface area contributed by atoms with Crippen LogP contribution in [0, 0.1) is 12.3 Å². The molecule has 0 aliphatic carbocycles. The molecule has 0 aliphatic heterocycles. The monoisotopic (exact) mass is 285 g/mol. The molecule has 104 valence electrons. The second-order valence-electron chi connectivity index (χ2n) is 4.13. The third kappa shape index (κ3) is 6.25. The lowest BCUT2D eigenvalue weighted by molar-refractivity contribution is 0.414. The van der Waals surface area contributed by atoms with E-state index in [-0.39, 0.29) is 0 Å². The smallest absolute Gasteiger partial charge is 0.118 e. The lowest BCUT2D eigenvalue weighted by Gasteiger charge is -1.96. The summed E-state index contributed by atoms with van der Waals surface area (Å²) in [5, 5.41) is 6.78.